The summed E-state index contributed by atoms with van der Waals surface area (Å²) < 4.78 is 0. The topological polar surface area (TPSA) is 15.3 Å². The Morgan fingerprint density at radius 1 is 1.14 bits per heavy atom. The fraction of sp³-hybridized carbons (Fsp3) is 0.667. The van der Waals surface area contributed by atoms with E-state index in [9.17, 15) is 0 Å². The van der Waals surface area contributed by atoms with Crippen LogP contribution in [0.2, 0.25) is 5.02 Å². The molecule has 0 aliphatic carbocycles. The molecule has 2 nitrogen and oxygen atoms in total. The second-order valence-electron chi connectivity index (χ2n) is 5.95. The van der Waals surface area contributed by atoms with Gasteiger partial charge in [-0.25, -0.2) is 0 Å². The number of nitrogens with one attached hydrogen (secondary N) is 1. The van der Waals surface area contributed by atoms with E-state index in [-0.39, 0.29) is 0 Å². The number of unbranched alkanes of at least 4 members (excludes halogenated alkanes) is 2. The maximum Gasteiger partial charge on any atom is 0.0471 e. The van der Waals surface area contributed by atoms with Gasteiger partial charge in [0.2, 0.25) is 0 Å². The van der Waals surface area contributed by atoms with Crippen molar-refractivity contribution in [2.75, 3.05) is 18.0 Å². The molecule has 0 aliphatic heterocycles. The van der Waals surface area contributed by atoms with E-state index in [2.05, 4.69) is 56.1 Å². The SMILES string of the molecule is CCCCCN(c1ccc(CNCCC)c(Cl)c1)C(C)C. The minimum absolute atomic E-state index is 0.502. The average Bonchev–Trinajstić information content (AvgIpc) is 2.45. The van der Waals surface area contributed by atoms with E-state index in [0.717, 1.165) is 31.1 Å². The van der Waals surface area contributed by atoms with Gasteiger partial charge < -0.3 is 10.2 Å². The van der Waals surface area contributed by atoms with E-state index < -0.39 is 0 Å². The molecule has 1 aromatic rings. The first-order valence-electron chi connectivity index (χ1n) is 8.35. The van der Waals surface area contributed by atoms with Crippen LogP contribution >= 0.6 is 11.6 Å². The van der Waals surface area contributed by atoms with Crippen LogP contribution in [0, 0.1) is 0 Å². The van der Waals surface area contributed by atoms with Gasteiger partial charge in [0.25, 0.3) is 0 Å². The molecule has 0 saturated heterocycles. The molecule has 0 bridgehead atoms. The van der Waals surface area contributed by atoms with Crippen LogP contribution in [0.3, 0.4) is 0 Å². The predicted octanol–water partition coefficient (Wildman–Crippen LogP) is 5.24. The lowest BCUT2D eigenvalue weighted by atomic mass is 10.1. The van der Waals surface area contributed by atoms with Crippen LogP contribution in [0.1, 0.15) is 58.9 Å². The summed E-state index contributed by atoms with van der Waals surface area (Å²) in [7, 11) is 0. The fourth-order valence-corrected chi connectivity index (χ4v) is 2.72. The molecule has 1 aromatic carbocycles. The molecule has 0 amide bonds. The van der Waals surface area contributed by atoms with Gasteiger partial charge in [-0.15, -0.1) is 0 Å². The van der Waals surface area contributed by atoms with Gasteiger partial charge in [0.1, 0.15) is 0 Å². The highest BCUT2D eigenvalue weighted by Crippen LogP contribution is 2.25. The molecule has 0 heterocycles. The van der Waals surface area contributed by atoms with E-state index >= 15 is 0 Å². The van der Waals surface area contributed by atoms with Gasteiger partial charge in [0.15, 0.2) is 0 Å². The molecule has 0 fully saturated rings. The minimum Gasteiger partial charge on any atom is -0.369 e. The molecule has 0 saturated carbocycles. The van der Waals surface area contributed by atoms with Crippen LogP contribution in [0.5, 0.6) is 0 Å². The summed E-state index contributed by atoms with van der Waals surface area (Å²) in [6.45, 7) is 11.9. The Labute approximate surface area is 135 Å². The molecule has 0 unspecified atom stereocenters. The van der Waals surface area contributed by atoms with Gasteiger partial charge >= 0.3 is 0 Å². The van der Waals surface area contributed by atoms with Crippen LogP contribution in [-0.4, -0.2) is 19.1 Å². The Bertz CT molecular complexity index is 404. The fourth-order valence-electron chi connectivity index (χ4n) is 2.48. The summed E-state index contributed by atoms with van der Waals surface area (Å²) in [5.74, 6) is 0. The number of hydrogen-bond acceptors (Lipinski definition) is 2. The molecule has 0 aliphatic rings. The number of rotatable bonds is 10. The van der Waals surface area contributed by atoms with E-state index in [4.69, 9.17) is 11.6 Å². The number of anilines is 1. The van der Waals surface area contributed by atoms with Crippen molar-refractivity contribution in [3.8, 4) is 0 Å². The average molecular weight is 311 g/mol. The summed E-state index contributed by atoms with van der Waals surface area (Å²) >= 11 is 6.45. The van der Waals surface area contributed by atoms with E-state index in [0.29, 0.717) is 6.04 Å². The lowest BCUT2D eigenvalue weighted by Gasteiger charge is -2.29. The molecule has 21 heavy (non-hydrogen) atoms. The molecule has 1 N–H and O–H groups in total. The summed E-state index contributed by atoms with van der Waals surface area (Å²) in [4.78, 5) is 2.45. The van der Waals surface area contributed by atoms with E-state index in [1.165, 1.54) is 30.5 Å². The van der Waals surface area contributed by atoms with Gasteiger partial charge in [-0.1, -0.05) is 44.4 Å². The molecule has 0 radical (unpaired) electrons. The Morgan fingerprint density at radius 3 is 2.48 bits per heavy atom. The van der Waals surface area contributed by atoms with Gasteiger partial charge in [-0.2, -0.15) is 0 Å². The normalized spacial score (nSPS) is 11.1. The zero-order chi connectivity index (χ0) is 15.7. The molecule has 0 atom stereocenters. The summed E-state index contributed by atoms with van der Waals surface area (Å²) in [5, 5.41) is 4.28. The maximum absolute atomic E-state index is 6.45. The van der Waals surface area contributed by atoms with Crippen molar-refractivity contribution >= 4 is 17.3 Å². The maximum atomic E-state index is 6.45. The lowest BCUT2D eigenvalue weighted by molar-refractivity contribution is 0.625. The lowest BCUT2D eigenvalue weighted by Crippen LogP contribution is -2.31. The minimum atomic E-state index is 0.502. The van der Waals surface area contributed by atoms with Crippen LogP contribution in [0.4, 0.5) is 5.69 Å². The zero-order valence-electron chi connectivity index (χ0n) is 14.1. The second-order valence-corrected chi connectivity index (χ2v) is 6.35. The first kappa shape index (κ1) is 18.3. The standard InChI is InChI=1S/C18H31ClN2/c1-5-7-8-12-21(15(3)4)17-10-9-16(18(19)13-17)14-20-11-6-2/h9-10,13,15,20H,5-8,11-12,14H2,1-4H3. The van der Waals surface area contributed by atoms with E-state index in [1.807, 2.05) is 0 Å². The van der Waals surface area contributed by atoms with Crippen LogP contribution in [0.15, 0.2) is 18.2 Å². The number of nitrogens with zero attached hydrogens (tertiary/aromatic N) is 1. The molecule has 3 heteroatoms. The van der Waals surface area contributed by atoms with Crippen molar-refractivity contribution in [3.63, 3.8) is 0 Å². The Kier molecular flexibility index (Phi) is 8.79. The largest absolute Gasteiger partial charge is 0.369 e. The van der Waals surface area contributed by atoms with Gasteiger partial charge in [-0.3, -0.25) is 0 Å². The molecule has 0 aromatic heterocycles. The quantitative estimate of drug-likeness (QED) is 0.594. The second kappa shape index (κ2) is 10.1. The van der Waals surface area contributed by atoms with Crippen molar-refractivity contribution in [1.82, 2.24) is 5.32 Å². The Morgan fingerprint density at radius 2 is 1.90 bits per heavy atom. The van der Waals surface area contributed by atoms with Gasteiger partial charge in [0.05, 0.1) is 0 Å². The number of halogens is 1. The van der Waals surface area contributed by atoms with Crippen molar-refractivity contribution in [2.45, 2.75) is 66.0 Å². The molecular weight excluding hydrogens is 280 g/mol. The van der Waals surface area contributed by atoms with Gasteiger partial charge in [0, 0.05) is 29.8 Å². The monoisotopic (exact) mass is 310 g/mol. The zero-order valence-corrected chi connectivity index (χ0v) is 14.8. The smallest absolute Gasteiger partial charge is 0.0471 e. The Balaban J connectivity index is 2.73. The highest BCUT2D eigenvalue weighted by molar-refractivity contribution is 6.31. The molecule has 120 valence electrons. The van der Waals surface area contributed by atoms with Crippen LogP contribution in [-0.2, 0) is 6.54 Å². The third kappa shape index (κ3) is 6.27. The highest BCUT2D eigenvalue weighted by atomic mass is 35.5. The summed E-state index contributed by atoms with van der Waals surface area (Å²) in [6, 6.07) is 6.99. The van der Waals surface area contributed by atoms with Crippen LogP contribution in [0.25, 0.3) is 0 Å². The Hall–Kier alpha value is -0.730. The van der Waals surface area contributed by atoms with Gasteiger partial charge in [-0.05, 0) is 50.9 Å². The van der Waals surface area contributed by atoms with Crippen molar-refractivity contribution in [2.24, 2.45) is 0 Å². The molecule has 0 spiro atoms. The van der Waals surface area contributed by atoms with Crippen LogP contribution < -0.4 is 10.2 Å². The first-order valence-corrected chi connectivity index (χ1v) is 8.73. The van der Waals surface area contributed by atoms with E-state index in [1.54, 1.807) is 0 Å². The molecular formula is C18H31ClN2. The third-order valence-electron chi connectivity index (χ3n) is 3.74. The highest BCUT2D eigenvalue weighted by Gasteiger charge is 2.12. The number of benzene rings is 1. The predicted molar refractivity (Wildman–Crippen MR) is 95.5 cm³/mol. The summed E-state index contributed by atoms with van der Waals surface area (Å²) in [5.41, 5.74) is 2.43. The van der Waals surface area contributed by atoms with Crippen molar-refractivity contribution in [1.29, 1.82) is 0 Å². The molecule has 1 rings (SSSR count). The third-order valence-corrected chi connectivity index (χ3v) is 4.09. The summed E-state index contributed by atoms with van der Waals surface area (Å²) in [6.07, 6.45) is 4.94. The first-order chi connectivity index (χ1) is 10.1. The van der Waals surface area contributed by atoms with Crippen molar-refractivity contribution in [3.05, 3.63) is 28.8 Å². The number of hydrogen-bond donors (Lipinski definition) is 1. The van der Waals surface area contributed by atoms with Crippen molar-refractivity contribution < 1.29 is 0 Å².